The lowest BCUT2D eigenvalue weighted by Crippen LogP contribution is -2.38. The third kappa shape index (κ3) is 5.40. The normalized spacial score (nSPS) is 10.8. The summed E-state index contributed by atoms with van der Waals surface area (Å²) >= 11 is 0. The molecule has 4 rings (SSSR count). The summed E-state index contributed by atoms with van der Waals surface area (Å²) in [6, 6.07) is 16.6. The number of hydrogen-bond donors (Lipinski definition) is 2. The molecule has 170 valence electrons. The average molecular weight is 545 g/mol. The fourth-order valence-electron chi connectivity index (χ4n) is 4.06. The van der Waals surface area contributed by atoms with Gasteiger partial charge in [-0.3, -0.25) is 4.99 Å². The molecule has 0 unspecified atom stereocenters. The topological polar surface area (TPSA) is 72.1 Å². The molecule has 0 atom stereocenters. The molecule has 0 radical (unpaired) electrons. The summed E-state index contributed by atoms with van der Waals surface area (Å²) in [5, 5.41) is 6.84. The molecule has 0 fully saturated rings. The summed E-state index contributed by atoms with van der Waals surface area (Å²) in [6.07, 6.45) is 2.00. The van der Waals surface area contributed by atoms with E-state index < -0.39 is 0 Å². The molecule has 7 nitrogen and oxygen atoms in total. The third-order valence-corrected chi connectivity index (χ3v) is 5.62. The van der Waals surface area contributed by atoms with Gasteiger partial charge in [-0.15, -0.1) is 24.0 Å². The maximum absolute atomic E-state index is 4.64. The van der Waals surface area contributed by atoms with Crippen LogP contribution in [0.4, 0.5) is 0 Å². The maximum atomic E-state index is 4.64. The molecule has 0 saturated carbocycles. The van der Waals surface area contributed by atoms with E-state index in [4.69, 9.17) is 0 Å². The van der Waals surface area contributed by atoms with Crippen LogP contribution in [0.15, 0.2) is 53.5 Å². The average Bonchev–Trinajstić information content (AvgIpc) is 3.27. The predicted octanol–water partition coefficient (Wildman–Crippen LogP) is 4.27. The van der Waals surface area contributed by atoms with Gasteiger partial charge < -0.3 is 19.8 Å². The zero-order valence-corrected chi connectivity index (χ0v) is 21.3. The van der Waals surface area contributed by atoms with Crippen molar-refractivity contribution in [3.8, 4) is 0 Å². The van der Waals surface area contributed by atoms with Gasteiger partial charge in [0.25, 0.3) is 0 Å². The fraction of sp³-hybridized carbons (Fsp3) is 0.375. The van der Waals surface area contributed by atoms with E-state index in [1.54, 1.807) is 0 Å². The van der Waals surface area contributed by atoms with Crippen LogP contribution < -0.4 is 10.6 Å². The second-order valence-corrected chi connectivity index (χ2v) is 7.73. The summed E-state index contributed by atoms with van der Waals surface area (Å²) in [4.78, 5) is 13.6. The van der Waals surface area contributed by atoms with Crippen molar-refractivity contribution in [2.24, 2.45) is 4.99 Å². The minimum absolute atomic E-state index is 0. The molecule has 0 aliphatic rings. The Bertz CT molecular complexity index is 1100. The second kappa shape index (κ2) is 11.3. The summed E-state index contributed by atoms with van der Waals surface area (Å²) in [6.45, 7) is 7.72. The van der Waals surface area contributed by atoms with Gasteiger partial charge in [0, 0.05) is 33.2 Å². The summed E-state index contributed by atoms with van der Waals surface area (Å²) < 4.78 is 4.57. The first-order chi connectivity index (χ1) is 15.2. The number of aryl methyl sites for hydroxylation is 4. The molecule has 2 aromatic heterocycles. The molecule has 32 heavy (non-hydrogen) atoms. The van der Waals surface area contributed by atoms with Gasteiger partial charge in [-0.1, -0.05) is 24.3 Å². The first-order valence-electron chi connectivity index (χ1n) is 11.0. The number of fused-ring (bicyclic) bond motifs is 2. The molecule has 0 amide bonds. The smallest absolute Gasteiger partial charge is 0.190 e. The van der Waals surface area contributed by atoms with Gasteiger partial charge >= 0.3 is 0 Å². The lowest BCUT2D eigenvalue weighted by molar-refractivity contribution is 0.609. The van der Waals surface area contributed by atoms with Crippen LogP contribution in [-0.2, 0) is 13.1 Å². The van der Waals surface area contributed by atoms with Crippen LogP contribution in [0.1, 0.15) is 24.5 Å². The lowest BCUT2D eigenvalue weighted by atomic mass is 10.3. The van der Waals surface area contributed by atoms with Crippen molar-refractivity contribution in [2.75, 3.05) is 20.1 Å². The monoisotopic (exact) mass is 545 g/mol. The number of nitrogens with one attached hydrogen (secondary N) is 2. The molecule has 0 aliphatic carbocycles. The molecular weight excluding hydrogens is 513 g/mol. The first-order valence-corrected chi connectivity index (χ1v) is 11.0. The number of guanidine groups is 1. The molecule has 0 saturated heterocycles. The van der Waals surface area contributed by atoms with Gasteiger partial charge in [0.05, 0.1) is 22.1 Å². The minimum Gasteiger partial charge on any atom is -0.356 e. The number of nitrogens with zero attached hydrogens (tertiary/aromatic N) is 5. The highest BCUT2D eigenvalue weighted by Crippen LogP contribution is 2.16. The van der Waals surface area contributed by atoms with E-state index in [0.29, 0.717) is 0 Å². The standard InChI is InChI=1S/C24H31N7.HI/c1-18-28-20-10-4-6-12-22(20)30(18)16-8-14-26-24(25-3)27-15-9-17-31-19(2)29-21-11-5-7-13-23(21)31;/h4-7,10-13H,8-9,14-17H2,1-3H3,(H2,25,26,27);1H. The Morgan fingerprint density at radius 2 is 1.22 bits per heavy atom. The largest absolute Gasteiger partial charge is 0.356 e. The lowest BCUT2D eigenvalue weighted by Gasteiger charge is -2.13. The number of aliphatic imine (C=N–C) groups is 1. The molecule has 0 aliphatic heterocycles. The van der Waals surface area contributed by atoms with Gasteiger partial charge in [-0.2, -0.15) is 0 Å². The number of hydrogen-bond acceptors (Lipinski definition) is 3. The Kier molecular flexibility index (Phi) is 8.49. The van der Waals surface area contributed by atoms with Crippen LogP contribution in [0.3, 0.4) is 0 Å². The Hall–Kier alpha value is -2.62. The van der Waals surface area contributed by atoms with Crippen molar-refractivity contribution in [3.63, 3.8) is 0 Å². The SMILES string of the molecule is CN=C(NCCCn1c(C)nc2ccccc21)NCCCn1c(C)nc2ccccc21.I. The number of benzene rings is 2. The molecule has 2 aromatic carbocycles. The zero-order valence-electron chi connectivity index (χ0n) is 19.0. The molecule has 0 spiro atoms. The molecule has 0 bridgehead atoms. The van der Waals surface area contributed by atoms with Crippen molar-refractivity contribution in [2.45, 2.75) is 39.8 Å². The summed E-state index contributed by atoms with van der Waals surface area (Å²) in [7, 11) is 1.82. The molecule has 2 heterocycles. The number of imidazole rings is 2. The molecule has 2 N–H and O–H groups in total. The van der Waals surface area contributed by atoms with Gasteiger partial charge in [0.1, 0.15) is 11.6 Å². The van der Waals surface area contributed by atoms with Crippen LogP contribution in [0, 0.1) is 13.8 Å². The van der Waals surface area contributed by atoms with Crippen LogP contribution in [-0.4, -0.2) is 45.2 Å². The van der Waals surface area contributed by atoms with E-state index in [-0.39, 0.29) is 24.0 Å². The number of halogens is 1. The molecular formula is C24H32IN7. The van der Waals surface area contributed by atoms with Crippen LogP contribution >= 0.6 is 24.0 Å². The van der Waals surface area contributed by atoms with Crippen molar-refractivity contribution in [1.29, 1.82) is 0 Å². The Balaban J connectivity index is 0.00000289. The maximum Gasteiger partial charge on any atom is 0.190 e. The minimum atomic E-state index is 0. The van der Waals surface area contributed by atoms with E-state index >= 15 is 0 Å². The Morgan fingerprint density at radius 1 is 0.781 bits per heavy atom. The quantitative estimate of drug-likeness (QED) is 0.150. The van der Waals surface area contributed by atoms with Gasteiger partial charge in [0.2, 0.25) is 0 Å². The summed E-state index contributed by atoms with van der Waals surface area (Å²) in [5.74, 6) is 2.97. The van der Waals surface area contributed by atoms with Crippen molar-refractivity contribution in [1.82, 2.24) is 29.7 Å². The Morgan fingerprint density at radius 3 is 1.66 bits per heavy atom. The highest BCUT2D eigenvalue weighted by atomic mass is 127. The van der Waals surface area contributed by atoms with Crippen molar-refractivity contribution < 1.29 is 0 Å². The van der Waals surface area contributed by atoms with Crippen molar-refractivity contribution >= 4 is 52.0 Å². The van der Waals surface area contributed by atoms with E-state index in [1.165, 1.54) is 11.0 Å². The fourth-order valence-corrected chi connectivity index (χ4v) is 4.06. The predicted molar refractivity (Wildman–Crippen MR) is 143 cm³/mol. The summed E-state index contributed by atoms with van der Waals surface area (Å²) in [5.41, 5.74) is 4.52. The highest BCUT2D eigenvalue weighted by Gasteiger charge is 2.07. The molecule has 8 heteroatoms. The van der Waals surface area contributed by atoms with Crippen LogP contribution in [0.25, 0.3) is 22.1 Å². The van der Waals surface area contributed by atoms with E-state index in [0.717, 1.165) is 67.7 Å². The van der Waals surface area contributed by atoms with Crippen molar-refractivity contribution in [3.05, 3.63) is 60.2 Å². The number of aromatic nitrogens is 4. The zero-order chi connectivity index (χ0) is 21.6. The molecule has 4 aromatic rings. The van der Waals surface area contributed by atoms with Crippen LogP contribution in [0.2, 0.25) is 0 Å². The third-order valence-electron chi connectivity index (χ3n) is 5.62. The second-order valence-electron chi connectivity index (χ2n) is 7.73. The number of rotatable bonds is 8. The van der Waals surface area contributed by atoms with E-state index in [1.807, 2.05) is 19.2 Å². The van der Waals surface area contributed by atoms with Gasteiger partial charge in [0.15, 0.2) is 5.96 Å². The number of para-hydroxylation sites is 4. The van der Waals surface area contributed by atoms with E-state index in [9.17, 15) is 0 Å². The van der Waals surface area contributed by atoms with E-state index in [2.05, 4.69) is 85.0 Å². The Labute approximate surface area is 206 Å². The first kappa shape index (κ1) is 24.0. The van der Waals surface area contributed by atoms with Crippen LogP contribution in [0.5, 0.6) is 0 Å². The highest BCUT2D eigenvalue weighted by molar-refractivity contribution is 14.0. The van der Waals surface area contributed by atoms with Gasteiger partial charge in [-0.25, -0.2) is 9.97 Å². The van der Waals surface area contributed by atoms with Gasteiger partial charge in [-0.05, 0) is 51.0 Å².